The first-order chi connectivity index (χ1) is 11.8. The van der Waals surface area contributed by atoms with E-state index in [1.807, 2.05) is 59.2 Å². The molecule has 5 nitrogen and oxygen atoms in total. The number of pyridine rings is 1. The van der Waals surface area contributed by atoms with Crippen LogP contribution in [0.4, 0.5) is 5.82 Å². The van der Waals surface area contributed by atoms with Gasteiger partial charge in [0.25, 0.3) is 0 Å². The predicted octanol–water partition coefficient (Wildman–Crippen LogP) is 4.06. The van der Waals surface area contributed by atoms with Gasteiger partial charge < -0.3 is 5.32 Å². The minimum atomic E-state index is 0.651. The second-order valence-corrected chi connectivity index (χ2v) is 5.79. The highest BCUT2D eigenvalue weighted by atomic mass is 35.5. The summed E-state index contributed by atoms with van der Waals surface area (Å²) in [5.41, 5.74) is 3.86. The Hall–Kier alpha value is -2.92. The van der Waals surface area contributed by atoms with Gasteiger partial charge in [-0.05, 0) is 42.0 Å². The highest BCUT2D eigenvalue weighted by Crippen LogP contribution is 2.20. The van der Waals surface area contributed by atoms with Crippen LogP contribution in [0.15, 0.2) is 67.1 Å². The van der Waals surface area contributed by atoms with Crippen molar-refractivity contribution in [3.63, 3.8) is 0 Å². The SMILES string of the molecule is Clc1cccc(CNc2ccc3ncc(-c4ccncc4)n3n2)c1. The first-order valence-electron chi connectivity index (χ1n) is 7.53. The topological polar surface area (TPSA) is 55.1 Å². The number of benzene rings is 1. The largest absolute Gasteiger partial charge is 0.365 e. The zero-order chi connectivity index (χ0) is 16.4. The molecule has 0 spiro atoms. The average molecular weight is 336 g/mol. The fourth-order valence-corrected chi connectivity index (χ4v) is 2.74. The van der Waals surface area contributed by atoms with Crippen molar-refractivity contribution in [2.24, 2.45) is 0 Å². The van der Waals surface area contributed by atoms with Crippen molar-refractivity contribution in [1.29, 1.82) is 0 Å². The molecule has 0 radical (unpaired) electrons. The van der Waals surface area contributed by atoms with E-state index in [9.17, 15) is 0 Å². The Morgan fingerprint density at radius 2 is 1.92 bits per heavy atom. The minimum Gasteiger partial charge on any atom is -0.365 e. The van der Waals surface area contributed by atoms with Gasteiger partial charge in [-0.2, -0.15) is 0 Å². The van der Waals surface area contributed by atoms with Crippen LogP contribution < -0.4 is 5.32 Å². The number of nitrogens with zero attached hydrogens (tertiary/aromatic N) is 4. The second-order valence-electron chi connectivity index (χ2n) is 5.35. The summed E-state index contributed by atoms with van der Waals surface area (Å²) in [6, 6.07) is 15.5. The van der Waals surface area contributed by atoms with Gasteiger partial charge >= 0.3 is 0 Å². The molecule has 24 heavy (non-hydrogen) atoms. The van der Waals surface area contributed by atoms with E-state index in [-0.39, 0.29) is 0 Å². The Balaban J connectivity index is 1.63. The molecule has 3 heterocycles. The van der Waals surface area contributed by atoms with Crippen molar-refractivity contribution >= 4 is 23.1 Å². The summed E-state index contributed by atoms with van der Waals surface area (Å²) in [5, 5.41) is 8.69. The van der Waals surface area contributed by atoms with E-state index in [1.165, 1.54) is 0 Å². The summed E-state index contributed by atoms with van der Waals surface area (Å²) in [4.78, 5) is 8.45. The van der Waals surface area contributed by atoms with E-state index in [1.54, 1.807) is 12.4 Å². The van der Waals surface area contributed by atoms with Crippen LogP contribution in [0.5, 0.6) is 0 Å². The van der Waals surface area contributed by atoms with Gasteiger partial charge in [0.15, 0.2) is 5.65 Å². The summed E-state index contributed by atoms with van der Waals surface area (Å²) in [5.74, 6) is 0.774. The summed E-state index contributed by atoms with van der Waals surface area (Å²) < 4.78 is 1.83. The quantitative estimate of drug-likeness (QED) is 0.611. The number of anilines is 1. The van der Waals surface area contributed by atoms with E-state index < -0.39 is 0 Å². The smallest absolute Gasteiger partial charge is 0.154 e. The molecule has 0 aliphatic carbocycles. The van der Waals surface area contributed by atoms with Gasteiger partial charge in [-0.3, -0.25) is 4.98 Å². The maximum atomic E-state index is 6.02. The Bertz CT molecular complexity index is 981. The van der Waals surface area contributed by atoms with E-state index in [2.05, 4.69) is 20.4 Å². The van der Waals surface area contributed by atoms with Crippen LogP contribution in [0, 0.1) is 0 Å². The van der Waals surface area contributed by atoms with Crippen LogP contribution in [0.2, 0.25) is 5.02 Å². The van der Waals surface area contributed by atoms with Crippen molar-refractivity contribution in [3.05, 3.63) is 77.7 Å². The highest BCUT2D eigenvalue weighted by molar-refractivity contribution is 6.30. The van der Waals surface area contributed by atoms with Crippen molar-refractivity contribution in [3.8, 4) is 11.3 Å². The van der Waals surface area contributed by atoms with Gasteiger partial charge in [0, 0.05) is 29.5 Å². The molecule has 0 saturated heterocycles. The third-order valence-electron chi connectivity index (χ3n) is 3.70. The standard InChI is InChI=1S/C18H14ClN5/c19-15-3-1-2-13(10-15)11-21-17-4-5-18-22-12-16(24(18)23-17)14-6-8-20-9-7-14/h1-10,12H,11H2,(H,21,23). The van der Waals surface area contributed by atoms with Crippen molar-refractivity contribution < 1.29 is 0 Å². The molecule has 0 fully saturated rings. The number of hydrogen-bond donors (Lipinski definition) is 1. The highest BCUT2D eigenvalue weighted by Gasteiger charge is 2.07. The number of halogens is 1. The van der Waals surface area contributed by atoms with Crippen LogP contribution in [0.3, 0.4) is 0 Å². The molecule has 1 N–H and O–H groups in total. The molecule has 0 amide bonds. The molecular formula is C18H14ClN5. The van der Waals surface area contributed by atoms with Crippen LogP contribution in [0.25, 0.3) is 16.9 Å². The van der Waals surface area contributed by atoms with Crippen LogP contribution in [-0.4, -0.2) is 19.6 Å². The lowest BCUT2D eigenvalue weighted by Gasteiger charge is -2.07. The minimum absolute atomic E-state index is 0.651. The van der Waals surface area contributed by atoms with E-state index >= 15 is 0 Å². The summed E-state index contributed by atoms with van der Waals surface area (Å²) in [7, 11) is 0. The van der Waals surface area contributed by atoms with Gasteiger partial charge in [-0.25, -0.2) is 9.50 Å². The number of nitrogens with one attached hydrogen (secondary N) is 1. The van der Waals surface area contributed by atoms with Gasteiger partial charge in [0.1, 0.15) is 5.82 Å². The monoisotopic (exact) mass is 335 g/mol. The summed E-state index contributed by atoms with van der Waals surface area (Å²) in [6.07, 6.45) is 5.34. The van der Waals surface area contributed by atoms with Crippen molar-refractivity contribution in [2.75, 3.05) is 5.32 Å². The molecule has 4 aromatic rings. The third-order valence-corrected chi connectivity index (χ3v) is 3.94. The van der Waals surface area contributed by atoms with Gasteiger partial charge in [-0.1, -0.05) is 23.7 Å². The van der Waals surface area contributed by atoms with Gasteiger partial charge in [0.2, 0.25) is 0 Å². The molecule has 0 unspecified atom stereocenters. The van der Waals surface area contributed by atoms with Crippen LogP contribution in [0.1, 0.15) is 5.56 Å². The van der Waals surface area contributed by atoms with Crippen LogP contribution >= 0.6 is 11.6 Å². The third kappa shape index (κ3) is 2.94. The zero-order valence-electron chi connectivity index (χ0n) is 12.7. The molecule has 1 aromatic carbocycles. The Kier molecular flexibility index (Phi) is 3.84. The van der Waals surface area contributed by atoms with Gasteiger partial charge in [0.05, 0.1) is 11.9 Å². The number of rotatable bonds is 4. The molecule has 0 bridgehead atoms. The Labute approximate surface area is 144 Å². The summed E-state index contributed by atoms with van der Waals surface area (Å²) >= 11 is 6.02. The van der Waals surface area contributed by atoms with Crippen LogP contribution in [-0.2, 0) is 6.54 Å². The Morgan fingerprint density at radius 1 is 1.04 bits per heavy atom. The summed E-state index contributed by atoms with van der Waals surface area (Å²) in [6.45, 7) is 0.651. The van der Waals surface area contributed by atoms with Gasteiger partial charge in [-0.15, -0.1) is 5.10 Å². The fraction of sp³-hybridized carbons (Fsp3) is 0.0556. The molecule has 0 atom stereocenters. The van der Waals surface area contributed by atoms with E-state index in [4.69, 9.17) is 11.6 Å². The average Bonchev–Trinajstić information content (AvgIpc) is 3.04. The number of imidazole rings is 1. The molecule has 118 valence electrons. The lowest BCUT2D eigenvalue weighted by Crippen LogP contribution is -2.04. The molecule has 4 rings (SSSR count). The molecule has 3 aromatic heterocycles. The second kappa shape index (κ2) is 6.29. The number of hydrogen-bond acceptors (Lipinski definition) is 4. The van der Waals surface area contributed by atoms with E-state index in [0.717, 1.165) is 33.3 Å². The first kappa shape index (κ1) is 14.7. The normalized spacial score (nSPS) is 10.9. The van der Waals surface area contributed by atoms with E-state index in [0.29, 0.717) is 6.54 Å². The Morgan fingerprint density at radius 3 is 2.75 bits per heavy atom. The van der Waals surface area contributed by atoms with Crippen molar-refractivity contribution in [1.82, 2.24) is 19.6 Å². The molecular weight excluding hydrogens is 322 g/mol. The fourth-order valence-electron chi connectivity index (χ4n) is 2.53. The molecule has 6 heteroatoms. The lowest BCUT2D eigenvalue weighted by atomic mass is 10.2. The number of aromatic nitrogens is 4. The molecule has 0 saturated carbocycles. The zero-order valence-corrected chi connectivity index (χ0v) is 13.5. The first-order valence-corrected chi connectivity index (χ1v) is 7.91. The van der Waals surface area contributed by atoms with Crippen molar-refractivity contribution in [2.45, 2.75) is 6.54 Å². The lowest BCUT2D eigenvalue weighted by molar-refractivity contribution is 0.931. The number of fused-ring (bicyclic) bond motifs is 1. The molecule has 0 aliphatic rings. The maximum Gasteiger partial charge on any atom is 0.154 e. The maximum absolute atomic E-state index is 6.02. The molecule has 0 aliphatic heterocycles. The predicted molar refractivity (Wildman–Crippen MR) is 95.0 cm³/mol.